The molecule has 1 aromatic carbocycles. The average molecular weight is 254 g/mol. The first kappa shape index (κ1) is 12.2. The molecule has 4 heteroatoms. The predicted molar refractivity (Wildman–Crippen MR) is 75.7 cm³/mol. The zero-order valence-corrected chi connectivity index (χ0v) is 10.9. The number of nitriles is 1. The van der Waals surface area contributed by atoms with Crippen LogP contribution in [0.2, 0.25) is 0 Å². The van der Waals surface area contributed by atoms with Crippen LogP contribution < -0.4 is 5.32 Å². The summed E-state index contributed by atoms with van der Waals surface area (Å²) in [5.74, 6) is 0. The minimum absolute atomic E-state index is 0.214. The normalized spacial score (nSPS) is 18.3. The third-order valence-corrected chi connectivity index (χ3v) is 3.84. The molecule has 0 bridgehead atoms. The molecular formula is C15H18N4. The molecule has 1 aromatic heterocycles. The van der Waals surface area contributed by atoms with E-state index in [0.29, 0.717) is 6.42 Å². The molecule has 98 valence electrons. The first-order valence-corrected chi connectivity index (χ1v) is 6.77. The summed E-state index contributed by atoms with van der Waals surface area (Å²) in [5, 5.41) is 13.7. The first-order valence-electron chi connectivity index (χ1n) is 6.77. The smallest absolute Gasteiger partial charge is 0.0641 e. The number of nitrogens with one attached hydrogen (secondary N) is 2. The van der Waals surface area contributed by atoms with E-state index in [1.54, 1.807) is 0 Å². The Labute approximate surface area is 113 Å². The van der Waals surface area contributed by atoms with E-state index in [1.165, 1.54) is 10.9 Å². The standard InChI is InChI=1S/C15H18N4/c16-5-3-15(19-9-7-17-8-10-19)13-1-2-14-12(11-13)4-6-18-14/h1-2,4,6,11,15,17-18H,3,7-10H2/t15-/m1/s1. The third kappa shape index (κ3) is 2.48. The molecule has 2 N–H and O–H groups in total. The molecule has 2 aromatic rings. The molecule has 1 atom stereocenters. The van der Waals surface area contributed by atoms with Crippen LogP contribution in [0.5, 0.6) is 0 Å². The summed E-state index contributed by atoms with van der Waals surface area (Å²) in [6.07, 6.45) is 2.51. The van der Waals surface area contributed by atoms with Gasteiger partial charge < -0.3 is 10.3 Å². The number of fused-ring (bicyclic) bond motifs is 1. The van der Waals surface area contributed by atoms with Gasteiger partial charge in [0.2, 0.25) is 0 Å². The Bertz CT molecular complexity index is 589. The van der Waals surface area contributed by atoms with Crippen molar-refractivity contribution in [1.29, 1.82) is 5.26 Å². The molecule has 1 aliphatic rings. The lowest BCUT2D eigenvalue weighted by atomic mass is 10.0. The van der Waals surface area contributed by atoms with Crippen LogP contribution in [-0.4, -0.2) is 36.1 Å². The van der Waals surface area contributed by atoms with Gasteiger partial charge in [-0.05, 0) is 29.1 Å². The van der Waals surface area contributed by atoms with Gasteiger partial charge in [0.1, 0.15) is 0 Å². The minimum atomic E-state index is 0.214. The third-order valence-electron chi connectivity index (χ3n) is 3.84. The summed E-state index contributed by atoms with van der Waals surface area (Å²) >= 11 is 0. The molecule has 0 radical (unpaired) electrons. The minimum Gasteiger partial charge on any atom is -0.361 e. The fraction of sp³-hybridized carbons (Fsp3) is 0.400. The van der Waals surface area contributed by atoms with E-state index in [4.69, 9.17) is 5.26 Å². The predicted octanol–water partition coefficient (Wildman–Crippen LogP) is 2.03. The highest BCUT2D eigenvalue weighted by Crippen LogP contribution is 2.27. The SMILES string of the molecule is N#CC[C@H](c1ccc2[nH]ccc2c1)N1CCNCC1. The van der Waals surface area contributed by atoms with E-state index in [9.17, 15) is 0 Å². The second-order valence-corrected chi connectivity index (χ2v) is 4.99. The molecule has 1 fully saturated rings. The second kappa shape index (κ2) is 5.43. The highest BCUT2D eigenvalue weighted by molar-refractivity contribution is 5.80. The number of nitrogens with zero attached hydrogens (tertiary/aromatic N) is 2. The van der Waals surface area contributed by atoms with Crippen molar-refractivity contribution in [2.45, 2.75) is 12.5 Å². The number of H-pyrrole nitrogens is 1. The van der Waals surface area contributed by atoms with Crippen molar-refractivity contribution in [3.8, 4) is 6.07 Å². The Hall–Kier alpha value is -1.83. The van der Waals surface area contributed by atoms with Crippen molar-refractivity contribution in [2.75, 3.05) is 26.2 Å². The Morgan fingerprint density at radius 2 is 2.11 bits per heavy atom. The number of hydrogen-bond acceptors (Lipinski definition) is 3. The van der Waals surface area contributed by atoms with Crippen LogP contribution in [0.1, 0.15) is 18.0 Å². The number of piperazine rings is 1. The van der Waals surface area contributed by atoms with E-state index in [-0.39, 0.29) is 6.04 Å². The van der Waals surface area contributed by atoms with E-state index >= 15 is 0 Å². The summed E-state index contributed by atoms with van der Waals surface area (Å²) in [6, 6.07) is 11.1. The summed E-state index contributed by atoms with van der Waals surface area (Å²) in [7, 11) is 0. The molecule has 4 nitrogen and oxygen atoms in total. The maximum atomic E-state index is 9.10. The number of aromatic nitrogens is 1. The molecule has 0 unspecified atom stereocenters. The van der Waals surface area contributed by atoms with E-state index in [2.05, 4.69) is 45.5 Å². The van der Waals surface area contributed by atoms with Gasteiger partial charge in [-0.25, -0.2) is 0 Å². The quantitative estimate of drug-likeness (QED) is 0.881. The maximum absolute atomic E-state index is 9.10. The van der Waals surface area contributed by atoms with E-state index < -0.39 is 0 Å². The molecule has 19 heavy (non-hydrogen) atoms. The lowest BCUT2D eigenvalue weighted by Crippen LogP contribution is -2.45. The van der Waals surface area contributed by atoms with Gasteiger partial charge in [-0.2, -0.15) is 5.26 Å². The van der Waals surface area contributed by atoms with Gasteiger partial charge in [0.15, 0.2) is 0 Å². The first-order chi connectivity index (χ1) is 9.38. The number of aromatic amines is 1. The van der Waals surface area contributed by atoms with Gasteiger partial charge in [-0.15, -0.1) is 0 Å². The van der Waals surface area contributed by atoms with Gasteiger partial charge in [0, 0.05) is 43.9 Å². The lowest BCUT2D eigenvalue weighted by molar-refractivity contribution is 0.176. The fourth-order valence-electron chi connectivity index (χ4n) is 2.82. The van der Waals surface area contributed by atoms with Crippen molar-refractivity contribution < 1.29 is 0 Å². The van der Waals surface area contributed by atoms with Crippen LogP contribution in [0.4, 0.5) is 0 Å². The lowest BCUT2D eigenvalue weighted by Gasteiger charge is -2.34. The number of rotatable bonds is 3. The van der Waals surface area contributed by atoms with Crippen molar-refractivity contribution in [3.63, 3.8) is 0 Å². The van der Waals surface area contributed by atoms with Crippen molar-refractivity contribution in [1.82, 2.24) is 15.2 Å². The van der Waals surface area contributed by atoms with Crippen LogP contribution in [0.3, 0.4) is 0 Å². The number of hydrogen-bond donors (Lipinski definition) is 2. The van der Waals surface area contributed by atoms with Gasteiger partial charge in [0.05, 0.1) is 12.5 Å². The van der Waals surface area contributed by atoms with Crippen LogP contribution in [0.25, 0.3) is 10.9 Å². The molecule has 2 heterocycles. The van der Waals surface area contributed by atoms with E-state index in [1.807, 2.05) is 6.20 Å². The second-order valence-electron chi connectivity index (χ2n) is 4.99. The van der Waals surface area contributed by atoms with E-state index in [0.717, 1.165) is 31.7 Å². The molecule has 1 aliphatic heterocycles. The van der Waals surface area contributed by atoms with Gasteiger partial charge in [-0.1, -0.05) is 6.07 Å². The van der Waals surface area contributed by atoms with Crippen molar-refractivity contribution in [2.24, 2.45) is 0 Å². The Morgan fingerprint density at radius 1 is 1.26 bits per heavy atom. The van der Waals surface area contributed by atoms with Crippen LogP contribution in [-0.2, 0) is 0 Å². The molecule has 0 aliphatic carbocycles. The summed E-state index contributed by atoms with van der Waals surface area (Å²) in [6.45, 7) is 4.04. The highest BCUT2D eigenvalue weighted by atomic mass is 15.2. The highest BCUT2D eigenvalue weighted by Gasteiger charge is 2.22. The van der Waals surface area contributed by atoms with Crippen LogP contribution in [0, 0.1) is 11.3 Å². The molecular weight excluding hydrogens is 236 g/mol. The monoisotopic (exact) mass is 254 g/mol. The number of benzene rings is 1. The zero-order chi connectivity index (χ0) is 13.1. The largest absolute Gasteiger partial charge is 0.361 e. The summed E-state index contributed by atoms with van der Waals surface area (Å²) < 4.78 is 0. The molecule has 1 saturated heterocycles. The Morgan fingerprint density at radius 3 is 2.89 bits per heavy atom. The Kier molecular flexibility index (Phi) is 3.49. The zero-order valence-electron chi connectivity index (χ0n) is 10.9. The molecule has 3 rings (SSSR count). The van der Waals surface area contributed by atoms with Gasteiger partial charge in [0.25, 0.3) is 0 Å². The van der Waals surface area contributed by atoms with Crippen molar-refractivity contribution >= 4 is 10.9 Å². The van der Waals surface area contributed by atoms with Gasteiger partial charge >= 0.3 is 0 Å². The topological polar surface area (TPSA) is 54.9 Å². The fourth-order valence-corrected chi connectivity index (χ4v) is 2.82. The average Bonchev–Trinajstić information content (AvgIpc) is 2.93. The van der Waals surface area contributed by atoms with Crippen LogP contribution >= 0.6 is 0 Å². The van der Waals surface area contributed by atoms with Gasteiger partial charge in [-0.3, -0.25) is 4.90 Å². The Balaban J connectivity index is 1.91. The maximum Gasteiger partial charge on any atom is 0.0641 e. The molecule has 0 saturated carbocycles. The van der Waals surface area contributed by atoms with Crippen molar-refractivity contribution in [3.05, 3.63) is 36.0 Å². The van der Waals surface area contributed by atoms with Crippen LogP contribution in [0.15, 0.2) is 30.5 Å². The summed E-state index contributed by atoms with van der Waals surface area (Å²) in [4.78, 5) is 5.62. The summed E-state index contributed by atoms with van der Waals surface area (Å²) in [5.41, 5.74) is 2.40. The molecule has 0 amide bonds. The molecule has 0 spiro atoms.